The largest absolute Gasteiger partial charge is 0.352 e. The summed E-state index contributed by atoms with van der Waals surface area (Å²) in [5.74, 6) is -0.325. The molecule has 0 radical (unpaired) electrons. The molecule has 8 nitrogen and oxygen atoms in total. The normalized spacial score (nSPS) is 11.2. The number of H-pyrrole nitrogens is 1. The number of nitrogens with one attached hydrogen (secondary N) is 2. The number of carbonyl (C=O) groups is 1. The number of hydrogen-bond acceptors (Lipinski definition) is 5. The Morgan fingerprint density at radius 2 is 2.12 bits per heavy atom. The number of aryl methyl sites for hydroxylation is 1. The summed E-state index contributed by atoms with van der Waals surface area (Å²) in [6.45, 7) is 6.88. The molecule has 0 fully saturated rings. The molecule has 0 aliphatic rings. The minimum Gasteiger partial charge on any atom is -0.352 e. The summed E-state index contributed by atoms with van der Waals surface area (Å²) in [5, 5.41) is 2.88. The van der Waals surface area contributed by atoms with Gasteiger partial charge in [-0.1, -0.05) is 13.8 Å². The third-order valence-electron chi connectivity index (χ3n) is 3.79. The van der Waals surface area contributed by atoms with Gasteiger partial charge in [-0.3, -0.25) is 19.1 Å². The Bertz CT molecular complexity index is 866. The van der Waals surface area contributed by atoms with Crippen molar-refractivity contribution in [2.75, 3.05) is 13.1 Å². The van der Waals surface area contributed by atoms with Crippen LogP contribution in [0.1, 0.15) is 49.2 Å². The fraction of sp³-hybridized carbons (Fsp3) is 0.500. The monoisotopic (exact) mass is 333 g/mol. The maximum Gasteiger partial charge on any atom is 0.329 e. The molecule has 0 aliphatic carbocycles. The molecule has 0 spiro atoms. The van der Waals surface area contributed by atoms with E-state index < -0.39 is 11.2 Å². The predicted octanol–water partition coefficient (Wildman–Crippen LogP) is 0.307. The first-order valence-electron chi connectivity index (χ1n) is 8.06. The third-order valence-corrected chi connectivity index (χ3v) is 3.79. The Balaban J connectivity index is 2.75. The van der Waals surface area contributed by atoms with Gasteiger partial charge in [0, 0.05) is 18.8 Å². The second kappa shape index (κ2) is 7.39. The van der Waals surface area contributed by atoms with Crippen molar-refractivity contribution in [1.82, 2.24) is 19.9 Å². The highest BCUT2D eigenvalue weighted by molar-refractivity contribution is 6.05. The van der Waals surface area contributed by atoms with Crippen molar-refractivity contribution in [3.63, 3.8) is 0 Å². The average Bonchev–Trinajstić information content (AvgIpc) is 2.54. The molecular formula is C16H23N5O3. The van der Waals surface area contributed by atoms with Crippen LogP contribution in [-0.2, 0) is 6.54 Å². The second-order valence-electron chi connectivity index (χ2n) is 5.85. The molecule has 2 heterocycles. The Morgan fingerprint density at radius 3 is 2.71 bits per heavy atom. The molecule has 0 aliphatic heterocycles. The number of carbonyl (C=O) groups excluding carboxylic acids is 1. The van der Waals surface area contributed by atoms with Gasteiger partial charge in [0.25, 0.3) is 11.5 Å². The molecule has 1 amide bonds. The van der Waals surface area contributed by atoms with E-state index >= 15 is 0 Å². The molecule has 2 aromatic rings. The zero-order valence-corrected chi connectivity index (χ0v) is 14.2. The summed E-state index contributed by atoms with van der Waals surface area (Å²) in [6, 6.07) is 1.62. The maximum atomic E-state index is 12.5. The van der Waals surface area contributed by atoms with Gasteiger partial charge in [-0.25, -0.2) is 9.78 Å². The van der Waals surface area contributed by atoms with E-state index in [9.17, 15) is 14.4 Å². The number of aromatic nitrogens is 3. The van der Waals surface area contributed by atoms with E-state index in [2.05, 4.69) is 15.3 Å². The molecule has 0 saturated heterocycles. The van der Waals surface area contributed by atoms with E-state index in [0.29, 0.717) is 31.7 Å². The molecule has 0 saturated carbocycles. The molecule has 0 unspecified atom stereocenters. The van der Waals surface area contributed by atoms with Crippen LogP contribution in [0, 0.1) is 0 Å². The Hall–Kier alpha value is -2.48. The average molecular weight is 333 g/mol. The summed E-state index contributed by atoms with van der Waals surface area (Å²) in [4.78, 5) is 43.5. The minimum absolute atomic E-state index is 0.0460. The Labute approximate surface area is 139 Å². The second-order valence-corrected chi connectivity index (χ2v) is 5.85. The van der Waals surface area contributed by atoms with E-state index in [1.54, 1.807) is 13.0 Å². The Morgan fingerprint density at radius 1 is 1.42 bits per heavy atom. The fourth-order valence-corrected chi connectivity index (χ4v) is 2.46. The van der Waals surface area contributed by atoms with Crippen LogP contribution >= 0.6 is 0 Å². The van der Waals surface area contributed by atoms with Crippen LogP contribution in [0.2, 0.25) is 0 Å². The zero-order valence-electron chi connectivity index (χ0n) is 14.2. The van der Waals surface area contributed by atoms with E-state index in [1.165, 1.54) is 4.57 Å². The molecule has 4 N–H and O–H groups in total. The maximum absolute atomic E-state index is 12.5. The number of nitrogens with two attached hydrogens (primary N) is 1. The van der Waals surface area contributed by atoms with Crippen LogP contribution in [0.5, 0.6) is 0 Å². The lowest BCUT2D eigenvalue weighted by molar-refractivity contribution is 0.0955. The number of pyridine rings is 1. The lowest BCUT2D eigenvalue weighted by Gasteiger charge is -2.14. The van der Waals surface area contributed by atoms with Gasteiger partial charge in [0.15, 0.2) is 5.65 Å². The van der Waals surface area contributed by atoms with Crippen LogP contribution in [0.25, 0.3) is 11.0 Å². The summed E-state index contributed by atoms with van der Waals surface area (Å²) in [5.41, 5.74) is 5.41. The molecular weight excluding hydrogens is 310 g/mol. The van der Waals surface area contributed by atoms with Crippen LogP contribution in [0.4, 0.5) is 0 Å². The molecule has 8 heteroatoms. The SMILES string of the molecule is CCn1c(=O)[nH]c(=O)c2c(C(=O)NCCCN)cc(C(C)C)nc21. The molecule has 130 valence electrons. The summed E-state index contributed by atoms with van der Waals surface area (Å²) < 4.78 is 1.36. The number of amides is 1. The highest BCUT2D eigenvalue weighted by atomic mass is 16.2. The number of aromatic amines is 1. The van der Waals surface area contributed by atoms with Crippen molar-refractivity contribution >= 4 is 16.9 Å². The summed E-state index contributed by atoms with van der Waals surface area (Å²) in [6.07, 6.45) is 0.641. The standard InChI is InChI=1S/C16H23N5O3/c1-4-21-13-12(15(23)20-16(21)24)10(8-11(19-13)9(2)3)14(22)18-7-5-6-17/h8-9H,4-7,17H2,1-3H3,(H,18,22)(H,20,23,24). The van der Waals surface area contributed by atoms with Gasteiger partial charge in [0.2, 0.25) is 0 Å². The van der Waals surface area contributed by atoms with Crippen LogP contribution < -0.4 is 22.3 Å². The lowest BCUT2D eigenvalue weighted by Crippen LogP contribution is -2.33. The number of fused-ring (bicyclic) bond motifs is 1. The van der Waals surface area contributed by atoms with Crippen molar-refractivity contribution in [2.24, 2.45) is 5.73 Å². The summed E-state index contributed by atoms with van der Waals surface area (Å²) >= 11 is 0. The lowest BCUT2D eigenvalue weighted by atomic mass is 10.0. The molecule has 2 rings (SSSR count). The van der Waals surface area contributed by atoms with E-state index in [4.69, 9.17) is 5.73 Å². The van der Waals surface area contributed by atoms with Gasteiger partial charge < -0.3 is 11.1 Å². The smallest absolute Gasteiger partial charge is 0.329 e. The first-order chi connectivity index (χ1) is 11.4. The van der Waals surface area contributed by atoms with Crippen molar-refractivity contribution in [1.29, 1.82) is 0 Å². The van der Waals surface area contributed by atoms with Gasteiger partial charge in [0.05, 0.1) is 10.9 Å². The topological polar surface area (TPSA) is 123 Å². The molecule has 0 bridgehead atoms. The molecule has 2 aromatic heterocycles. The van der Waals surface area contributed by atoms with E-state index in [1.807, 2.05) is 13.8 Å². The zero-order chi connectivity index (χ0) is 17.9. The summed E-state index contributed by atoms with van der Waals surface area (Å²) in [7, 11) is 0. The van der Waals surface area contributed by atoms with Gasteiger partial charge in [0.1, 0.15) is 0 Å². The van der Waals surface area contributed by atoms with Crippen molar-refractivity contribution in [2.45, 2.75) is 39.7 Å². The molecule has 24 heavy (non-hydrogen) atoms. The fourth-order valence-electron chi connectivity index (χ4n) is 2.46. The Kier molecular flexibility index (Phi) is 5.50. The first-order valence-corrected chi connectivity index (χ1v) is 8.06. The highest BCUT2D eigenvalue weighted by Crippen LogP contribution is 2.19. The number of rotatable bonds is 6. The number of nitrogens with zero attached hydrogens (tertiary/aromatic N) is 2. The number of hydrogen-bond donors (Lipinski definition) is 3. The van der Waals surface area contributed by atoms with Gasteiger partial charge in [-0.15, -0.1) is 0 Å². The van der Waals surface area contributed by atoms with Gasteiger partial charge in [-0.2, -0.15) is 0 Å². The quantitative estimate of drug-likeness (QED) is 0.656. The van der Waals surface area contributed by atoms with Crippen LogP contribution in [0.3, 0.4) is 0 Å². The molecule has 0 atom stereocenters. The third kappa shape index (κ3) is 3.38. The molecule has 0 aromatic carbocycles. The van der Waals surface area contributed by atoms with Gasteiger partial charge in [-0.05, 0) is 31.9 Å². The van der Waals surface area contributed by atoms with Crippen molar-refractivity contribution < 1.29 is 4.79 Å². The predicted molar refractivity (Wildman–Crippen MR) is 92.4 cm³/mol. The van der Waals surface area contributed by atoms with E-state index in [0.717, 1.165) is 0 Å². The minimum atomic E-state index is -0.605. The van der Waals surface area contributed by atoms with Gasteiger partial charge >= 0.3 is 5.69 Å². The van der Waals surface area contributed by atoms with E-state index in [-0.39, 0.29) is 28.4 Å². The van der Waals surface area contributed by atoms with Crippen LogP contribution in [0.15, 0.2) is 15.7 Å². The van der Waals surface area contributed by atoms with Crippen molar-refractivity contribution in [3.8, 4) is 0 Å². The van der Waals surface area contributed by atoms with Crippen LogP contribution in [-0.4, -0.2) is 33.5 Å². The highest BCUT2D eigenvalue weighted by Gasteiger charge is 2.19. The van der Waals surface area contributed by atoms with Crippen molar-refractivity contribution in [3.05, 3.63) is 38.2 Å². The first kappa shape index (κ1) is 17.9.